The number of nitrogens with one attached hydrogen (secondary N) is 1. The lowest BCUT2D eigenvalue weighted by Crippen LogP contribution is -2.51. The molecule has 1 aliphatic rings. The SMILES string of the molecule is O=C(Cc1c[nH]c2ccccc12)N1CCN(C(=O)c2cc3ccccc3oc2=O)CC1. The Morgan fingerprint density at radius 1 is 0.935 bits per heavy atom. The van der Waals surface area contributed by atoms with Crippen molar-refractivity contribution in [2.75, 3.05) is 26.2 Å². The van der Waals surface area contributed by atoms with E-state index in [1.165, 1.54) is 0 Å². The van der Waals surface area contributed by atoms with E-state index in [1.807, 2.05) is 36.5 Å². The van der Waals surface area contributed by atoms with Gasteiger partial charge in [-0.3, -0.25) is 9.59 Å². The highest BCUT2D eigenvalue weighted by molar-refractivity contribution is 5.97. The summed E-state index contributed by atoms with van der Waals surface area (Å²) < 4.78 is 5.29. The van der Waals surface area contributed by atoms with E-state index in [2.05, 4.69) is 4.98 Å². The summed E-state index contributed by atoms with van der Waals surface area (Å²) in [6.07, 6.45) is 2.19. The number of hydrogen-bond acceptors (Lipinski definition) is 4. The fourth-order valence-corrected chi connectivity index (χ4v) is 4.09. The van der Waals surface area contributed by atoms with E-state index in [0.29, 0.717) is 43.6 Å². The van der Waals surface area contributed by atoms with E-state index in [0.717, 1.165) is 16.5 Å². The van der Waals surface area contributed by atoms with E-state index >= 15 is 0 Å². The first-order valence-corrected chi connectivity index (χ1v) is 10.2. The molecule has 0 unspecified atom stereocenters. The van der Waals surface area contributed by atoms with Gasteiger partial charge in [0, 0.05) is 48.7 Å². The van der Waals surface area contributed by atoms with Gasteiger partial charge in [-0.2, -0.15) is 0 Å². The van der Waals surface area contributed by atoms with Gasteiger partial charge in [-0.1, -0.05) is 36.4 Å². The van der Waals surface area contributed by atoms with Crippen LogP contribution in [0.5, 0.6) is 0 Å². The van der Waals surface area contributed by atoms with Gasteiger partial charge >= 0.3 is 5.63 Å². The van der Waals surface area contributed by atoms with Crippen molar-refractivity contribution in [3.8, 4) is 0 Å². The van der Waals surface area contributed by atoms with Gasteiger partial charge in [0.05, 0.1) is 6.42 Å². The van der Waals surface area contributed by atoms with Crippen LogP contribution in [-0.4, -0.2) is 52.8 Å². The molecule has 0 saturated carbocycles. The zero-order chi connectivity index (χ0) is 21.4. The van der Waals surface area contributed by atoms with Crippen LogP contribution in [0, 0.1) is 0 Å². The van der Waals surface area contributed by atoms with Crippen LogP contribution in [0.4, 0.5) is 0 Å². The molecule has 2 amide bonds. The number of benzene rings is 2. The summed E-state index contributed by atoms with van der Waals surface area (Å²) in [5.41, 5.74) is 1.82. The van der Waals surface area contributed by atoms with Crippen molar-refractivity contribution in [1.29, 1.82) is 0 Å². The normalized spacial score (nSPS) is 14.3. The molecule has 2 aromatic heterocycles. The lowest BCUT2D eigenvalue weighted by Gasteiger charge is -2.34. The molecule has 0 spiro atoms. The van der Waals surface area contributed by atoms with Crippen LogP contribution in [0.15, 0.2) is 70.0 Å². The molecule has 31 heavy (non-hydrogen) atoms. The molecule has 0 radical (unpaired) electrons. The molecule has 7 heteroatoms. The largest absolute Gasteiger partial charge is 0.422 e. The number of carbonyl (C=O) groups excluding carboxylic acids is 2. The Balaban J connectivity index is 1.26. The van der Waals surface area contributed by atoms with Gasteiger partial charge in [0.1, 0.15) is 11.1 Å². The molecule has 0 aliphatic carbocycles. The first-order chi connectivity index (χ1) is 15.1. The van der Waals surface area contributed by atoms with Gasteiger partial charge in [-0.25, -0.2) is 4.79 Å². The van der Waals surface area contributed by atoms with Gasteiger partial charge in [0.25, 0.3) is 5.91 Å². The van der Waals surface area contributed by atoms with Crippen molar-refractivity contribution >= 4 is 33.7 Å². The number of rotatable bonds is 3. The highest BCUT2D eigenvalue weighted by atomic mass is 16.4. The molecule has 4 aromatic rings. The standard InChI is InChI=1S/C24H21N3O4/c28-22(14-17-15-25-20-7-3-2-6-18(17)20)26-9-11-27(12-10-26)23(29)19-13-16-5-1-4-8-21(16)31-24(19)30/h1-8,13,15,25H,9-12,14H2. The molecule has 1 saturated heterocycles. The Morgan fingerprint density at radius 2 is 1.65 bits per heavy atom. The smallest absolute Gasteiger partial charge is 0.349 e. The first-order valence-electron chi connectivity index (χ1n) is 10.2. The number of hydrogen-bond donors (Lipinski definition) is 1. The second-order valence-corrected chi connectivity index (χ2v) is 7.69. The Bertz CT molecular complexity index is 1350. The first kappa shape index (κ1) is 19.1. The van der Waals surface area contributed by atoms with Gasteiger partial charge in [0.2, 0.25) is 5.91 Å². The fourth-order valence-electron chi connectivity index (χ4n) is 4.09. The Morgan fingerprint density at radius 3 is 2.48 bits per heavy atom. The number of carbonyl (C=O) groups is 2. The predicted molar refractivity (Wildman–Crippen MR) is 117 cm³/mol. The van der Waals surface area contributed by atoms with Gasteiger partial charge in [-0.15, -0.1) is 0 Å². The Hall–Kier alpha value is -3.87. The maximum Gasteiger partial charge on any atom is 0.349 e. The third kappa shape index (κ3) is 3.59. The van der Waals surface area contributed by atoms with Gasteiger partial charge in [-0.05, 0) is 23.8 Å². The summed E-state index contributed by atoms with van der Waals surface area (Å²) >= 11 is 0. The van der Waals surface area contributed by atoms with E-state index in [-0.39, 0.29) is 17.4 Å². The summed E-state index contributed by atoms with van der Waals surface area (Å²) in [5.74, 6) is -0.328. The second-order valence-electron chi connectivity index (χ2n) is 7.69. The van der Waals surface area contributed by atoms with Crippen molar-refractivity contribution < 1.29 is 14.0 Å². The third-order valence-electron chi connectivity index (χ3n) is 5.81. The number of nitrogens with zero attached hydrogens (tertiary/aromatic N) is 2. The average Bonchev–Trinajstić information content (AvgIpc) is 3.21. The van der Waals surface area contributed by atoms with Crippen LogP contribution >= 0.6 is 0 Å². The maximum absolute atomic E-state index is 12.9. The summed E-state index contributed by atoms with van der Waals surface area (Å²) in [6.45, 7) is 1.63. The number of aromatic nitrogens is 1. The van der Waals surface area contributed by atoms with Crippen LogP contribution in [0.1, 0.15) is 15.9 Å². The lowest BCUT2D eigenvalue weighted by molar-refractivity contribution is -0.131. The molecule has 2 aromatic carbocycles. The third-order valence-corrected chi connectivity index (χ3v) is 5.81. The van der Waals surface area contributed by atoms with Crippen molar-refractivity contribution in [3.63, 3.8) is 0 Å². The highest BCUT2D eigenvalue weighted by Gasteiger charge is 2.27. The summed E-state index contributed by atoms with van der Waals surface area (Å²) in [4.78, 5) is 44.6. The number of piperazine rings is 1. The van der Waals surface area contributed by atoms with Crippen LogP contribution in [0.2, 0.25) is 0 Å². The molecule has 0 atom stereocenters. The number of amides is 2. The predicted octanol–water partition coefficient (Wildman–Crippen LogP) is 2.80. The van der Waals surface area contributed by atoms with E-state index in [4.69, 9.17) is 4.42 Å². The zero-order valence-electron chi connectivity index (χ0n) is 16.8. The number of aromatic amines is 1. The maximum atomic E-state index is 12.9. The molecule has 5 rings (SSSR count). The summed E-state index contributed by atoms with van der Waals surface area (Å²) in [7, 11) is 0. The zero-order valence-corrected chi connectivity index (χ0v) is 16.8. The number of fused-ring (bicyclic) bond motifs is 2. The van der Waals surface area contributed by atoms with Crippen LogP contribution in [-0.2, 0) is 11.2 Å². The molecule has 1 N–H and O–H groups in total. The summed E-state index contributed by atoms with van der Waals surface area (Å²) in [5, 5.41) is 1.76. The molecule has 3 heterocycles. The summed E-state index contributed by atoms with van der Waals surface area (Å²) in [6, 6.07) is 16.6. The van der Waals surface area contributed by atoms with Gasteiger partial charge in [0.15, 0.2) is 0 Å². The van der Waals surface area contributed by atoms with Crippen LogP contribution < -0.4 is 5.63 Å². The number of para-hydroxylation sites is 2. The van der Waals surface area contributed by atoms with E-state index < -0.39 is 5.63 Å². The molecular weight excluding hydrogens is 394 g/mol. The minimum Gasteiger partial charge on any atom is -0.422 e. The Labute approximate surface area is 177 Å². The topological polar surface area (TPSA) is 86.6 Å². The minimum absolute atomic E-state index is 0.0252. The van der Waals surface area contributed by atoms with E-state index in [1.54, 1.807) is 34.1 Å². The van der Waals surface area contributed by atoms with Gasteiger partial charge < -0.3 is 19.2 Å². The van der Waals surface area contributed by atoms with E-state index in [9.17, 15) is 14.4 Å². The van der Waals surface area contributed by atoms with Crippen LogP contribution in [0.3, 0.4) is 0 Å². The lowest BCUT2D eigenvalue weighted by atomic mass is 10.1. The molecular formula is C24H21N3O4. The average molecular weight is 415 g/mol. The molecule has 1 aliphatic heterocycles. The van der Waals surface area contributed by atoms with Crippen molar-refractivity contribution in [2.45, 2.75) is 6.42 Å². The second kappa shape index (κ2) is 7.75. The number of H-pyrrole nitrogens is 1. The fraction of sp³-hybridized carbons (Fsp3) is 0.208. The van der Waals surface area contributed by atoms with Crippen molar-refractivity contribution in [3.05, 3.63) is 82.3 Å². The molecule has 156 valence electrons. The highest BCUT2D eigenvalue weighted by Crippen LogP contribution is 2.19. The molecule has 7 nitrogen and oxygen atoms in total. The van der Waals surface area contributed by atoms with Crippen molar-refractivity contribution in [1.82, 2.24) is 14.8 Å². The van der Waals surface area contributed by atoms with Crippen LogP contribution in [0.25, 0.3) is 21.9 Å². The molecule has 1 fully saturated rings. The quantitative estimate of drug-likeness (QED) is 0.522. The molecule has 0 bridgehead atoms. The minimum atomic E-state index is -0.637. The monoisotopic (exact) mass is 415 g/mol. The Kier molecular flexibility index (Phi) is 4.78. The van der Waals surface area contributed by atoms with Crippen molar-refractivity contribution in [2.24, 2.45) is 0 Å².